The van der Waals surface area contributed by atoms with Crippen molar-refractivity contribution in [1.82, 2.24) is 15.1 Å². The largest absolute Gasteiger partial charge is 0.348 e. The summed E-state index contributed by atoms with van der Waals surface area (Å²) in [7, 11) is 0. The normalized spacial score (nSPS) is 16.6. The van der Waals surface area contributed by atoms with Crippen molar-refractivity contribution < 1.29 is 13.6 Å². The van der Waals surface area contributed by atoms with E-state index in [1.165, 1.54) is 12.1 Å². The van der Waals surface area contributed by atoms with E-state index >= 15 is 0 Å². The van der Waals surface area contributed by atoms with Gasteiger partial charge in [-0.3, -0.25) is 14.6 Å². The molecule has 30 heavy (non-hydrogen) atoms. The predicted molar refractivity (Wildman–Crippen MR) is 115 cm³/mol. The summed E-state index contributed by atoms with van der Waals surface area (Å²) in [5.41, 5.74) is 2.60. The lowest BCUT2D eigenvalue weighted by Gasteiger charge is -2.37. The molecular formula is C24H31F2N3O. The van der Waals surface area contributed by atoms with Crippen LogP contribution in [0.3, 0.4) is 0 Å². The minimum atomic E-state index is -0.809. The standard InChI is InChI=1S/C24H31F2N3O/c1-17(2)23(27-24(30)20-7-4-18(3)5-8-20)16-29-12-10-28(11-13-29)15-19-6-9-21(25)22(26)14-19/h4-9,14,17,23H,10-13,15-16H2,1-3H3,(H,27,30). The Bertz CT molecular complexity index is 846. The number of nitrogens with zero attached hydrogens (tertiary/aromatic N) is 2. The van der Waals surface area contributed by atoms with Crippen molar-refractivity contribution in [3.8, 4) is 0 Å². The topological polar surface area (TPSA) is 35.6 Å². The summed E-state index contributed by atoms with van der Waals surface area (Å²) >= 11 is 0. The quantitative estimate of drug-likeness (QED) is 0.746. The number of carbonyl (C=O) groups excluding carboxylic acids is 1. The molecule has 3 rings (SSSR count). The molecule has 162 valence electrons. The van der Waals surface area contributed by atoms with Crippen molar-refractivity contribution >= 4 is 5.91 Å². The van der Waals surface area contributed by atoms with E-state index in [9.17, 15) is 13.6 Å². The monoisotopic (exact) mass is 415 g/mol. The Labute approximate surface area is 177 Å². The molecule has 4 nitrogen and oxygen atoms in total. The van der Waals surface area contributed by atoms with Gasteiger partial charge in [0.1, 0.15) is 0 Å². The number of halogens is 2. The maximum atomic E-state index is 13.4. The fourth-order valence-electron chi connectivity index (χ4n) is 3.68. The zero-order chi connectivity index (χ0) is 21.7. The number of hydrogen-bond acceptors (Lipinski definition) is 3. The molecule has 1 amide bonds. The van der Waals surface area contributed by atoms with Crippen LogP contribution < -0.4 is 5.32 Å². The van der Waals surface area contributed by atoms with Crippen LogP contribution in [0.2, 0.25) is 0 Å². The molecule has 2 aromatic carbocycles. The van der Waals surface area contributed by atoms with Gasteiger partial charge in [0.2, 0.25) is 0 Å². The van der Waals surface area contributed by atoms with Crippen molar-refractivity contribution in [2.75, 3.05) is 32.7 Å². The van der Waals surface area contributed by atoms with Gasteiger partial charge in [-0.1, -0.05) is 37.6 Å². The molecule has 0 bridgehead atoms. The molecule has 1 unspecified atom stereocenters. The first-order valence-corrected chi connectivity index (χ1v) is 10.6. The fourth-order valence-corrected chi connectivity index (χ4v) is 3.68. The lowest BCUT2D eigenvalue weighted by atomic mass is 10.0. The third kappa shape index (κ3) is 6.09. The summed E-state index contributed by atoms with van der Waals surface area (Å²) in [6, 6.07) is 11.8. The molecular weight excluding hydrogens is 384 g/mol. The highest BCUT2D eigenvalue weighted by molar-refractivity contribution is 5.94. The summed E-state index contributed by atoms with van der Waals surface area (Å²) in [4.78, 5) is 17.2. The van der Waals surface area contributed by atoms with Crippen LogP contribution in [0.5, 0.6) is 0 Å². The summed E-state index contributed by atoms with van der Waals surface area (Å²) < 4.78 is 26.5. The minimum Gasteiger partial charge on any atom is -0.348 e. The van der Waals surface area contributed by atoms with Crippen LogP contribution in [0, 0.1) is 24.5 Å². The molecule has 1 saturated heterocycles. The molecule has 0 saturated carbocycles. The lowest BCUT2D eigenvalue weighted by Crippen LogP contribution is -2.52. The Morgan fingerprint density at radius 3 is 2.20 bits per heavy atom. The smallest absolute Gasteiger partial charge is 0.251 e. The first-order chi connectivity index (χ1) is 14.3. The summed E-state index contributed by atoms with van der Waals surface area (Å²) in [6.07, 6.45) is 0. The van der Waals surface area contributed by atoms with Gasteiger partial charge in [0.15, 0.2) is 11.6 Å². The molecule has 0 radical (unpaired) electrons. The molecule has 1 aliphatic rings. The van der Waals surface area contributed by atoms with E-state index in [-0.39, 0.29) is 11.9 Å². The zero-order valence-corrected chi connectivity index (χ0v) is 18.0. The average Bonchev–Trinajstić information content (AvgIpc) is 2.72. The molecule has 0 aromatic heterocycles. The summed E-state index contributed by atoms with van der Waals surface area (Å²) in [5.74, 6) is -1.32. The van der Waals surface area contributed by atoms with E-state index in [0.29, 0.717) is 18.0 Å². The molecule has 1 atom stereocenters. The summed E-state index contributed by atoms with van der Waals surface area (Å²) in [5, 5.41) is 3.19. The number of hydrogen-bond donors (Lipinski definition) is 1. The van der Waals surface area contributed by atoms with Gasteiger partial charge in [-0.05, 0) is 42.7 Å². The van der Waals surface area contributed by atoms with E-state index in [0.717, 1.165) is 43.9 Å². The van der Waals surface area contributed by atoms with Crippen LogP contribution >= 0.6 is 0 Å². The average molecular weight is 416 g/mol. The Hall–Kier alpha value is -2.31. The highest BCUT2D eigenvalue weighted by Gasteiger charge is 2.23. The van der Waals surface area contributed by atoms with Gasteiger partial charge in [-0.2, -0.15) is 0 Å². The van der Waals surface area contributed by atoms with Gasteiger partial charge >= 0.3 is 0 Å². The van der Waals surface area contributed by atoms with Crippen LogP contribution in [0.1, 0.15) is 35.3 Å². The molecule has 1 N–H and O–H groups in total. The van der Waals surface area contributed by atoms with Gasteiger partial charge in [0, 0.05) is 50.9 Å². The fraction of sp³-hybridized carbons (Fsp3) is 0.458. The van der Waals surface area contributed by atoms with E-state index in [1.807, 2.05) is 31.2 Å². The molecule has 1 aliphatic heterocycles. The maximum Gasteiger partial charge on any atom is 0.251 e. The van der Waals surface area contributed by atoms with Crippen molar-refractivity contribution in [3.05, 3.63) is 70.8 Å². The highest BCUT2D eigenvalue weighted by Crippen LogP contribution is 2.14. The molecule has 2 aromatic rings. The first kappa shape index (κ1) is 22.4. The minimum absolute atomic E-state index is 0.0364. The van der Waals surface area contributed by atoms with Gasteiger partial charge < -0.3 is 5.32 Å². The van der Waals surface area contributed by atoms with Crippen LogP contribution in [0.25, 0.3) is 0 Å². The molecule has 1 heterocycles. The third-order valence-electron chi connectivity index (χ3n) is 5.74. The molecule has 0 aliphatic carbocycles. The second kappa shape index (κ2) is 10.1. The number of benzene rings is 2. The first-order valence-electron chi connectivity index (χ1n) is 10.6. The zero-order valence-electron chi connectivity index (χ0n) is 18.0. The highest BCUT2D eigenvalue weighted by atomic mass is 19.2. The second-order valence-corrected chi connectivity index (χ2v) is 8.52. The van der Waals surface area contributed by atoms with Gasteiger partial charge in [-0.15, -0.1) is 0 Å². The second-order valence-electron chi connectivity index (χ2n) is 8.52. The number of piperazine rings is 1. The summed E-state index contributed by atoms with van der Waals surface area (Å²) in [6.45, 7) is 11.1. The molecule has 0 spiro atoms. The van der Waals surface area contributed by atoms with Crippen molar-refractivity contribution in [2.45, 2.75) is 33.4 Å². The molecule has 6 heteroatoms. The Morgan fingerprint density at radius 1 is 0.967 bits per heavy atom. The lowest BCUT2D eigenvalue weighted by molar-refractivity contribution is 0.0861. The van der Waals surface area contributed by atoms with Crippen LogP contribution in [0.4, 0.5) is 8.78 Å². The van der Waals surface area contributed by atoms with Crippen LogP contribution in [-0.4, -0.2) is 54.5 Å². The number of rotatable bonds is 7. The molecule has 1 fully saturated rings. The number of nitrogens with one attached hydrogen (secondary N) is 1. The SMILES string of the molecule is Cc1ccc(C(=O)NC(CN2CCN(Cc3ccc(F)c(F)c3)CC2)C(C)C)cc1. The number of amides is 1. The van der Waals surface area contributed by atoms with Crippen molar-refractivity contribution in [3.63, 3.8) is 0 Å². The number of carbonyl (C=O) groups is 1. The maximum absolute atomic E-state index is 13.4. The third-order valence-corrected chi connectivity index (χ3v) is 5.74. The van der Waals surface area contributed by atoms with E-state index < -0.39 is 11.6 Å². The Balaban J connectivity index is 1.50. The Morgan fingerprint density at radius 2 is 1.60 bits per heavy atom. The number of aryl methyl sites for hydroxylation is 1. The van der Waals surface area contributed by atoms with Crippen molar-refractivity contribution in [1.29, 1.82) is 0 Å². The van der Waals surface area contributed by atoms with Crippen molar-refractivity contribution in [2.24, 2.45) is 5.92 Å². The van der Waals surface area contributed by atoms with E-state index in [1.54, 1.807) is 6.07 Å². The predicted octanol–water partition coefficient (Wildman–Crippen LogP) is 3.85. The van der Waals surface area contributed by atoms with Gasteiger partial charge in [0.25, 0.3) is 5.91 Å². The van der Waals surface area contributed by atoms with Crippen LogP contribution in [0.15, 0.2) is 42.5 Å². The van der Waals surface area contributed by atoms with Gasteiger partial charge in [0.05, 0.1) is 0 Å². The van der Waals surface area contributed by atoms with E-state index in [4.69, 9.17) is 0 Å². The van der Waals surface area contributed by atoms with E-state index in [2.05, 4.69) is 29.0 Å². The van der Waals surface area contributed by atoms with Crippen LogP contribution in [-0.2, 0) is 6.54 Å². The van der Waals surface area contributed by atoms with Gasteiger partial charge in [-0.25, -0.2) is 8.78 Å². The Kier molecular flexibility index (Phi) is 7.56.